The molecule has 2 aliphatic rings. The van der Waals surface area contributed by atoms with Crippen LogP contribution in [0.5, 0.6) is 0 Å². The average molecular weight is 274 g/mol. The van der Waals surface area contributed by atoms with Gasteiger partial charge < -0.3 is 9.64 Å². The fraction of sp³-hybridized carbons (Fsp3) is 0.625. The van der Waals surface area contributed by atoms with Crippen molar-refractivity contribution in [1.29, 1.82) is 0 Å². The monoisotopic (exact) mass is 274 g/mol. The smallest absolute Gasteiger partial charge is 0.339 e. The largest absolute Gasteiger partial charge is 0.462 e. The molecule has 2 atom stereocenters. The van der Waals surface area contributed by atoms with E-state index in [0.717, 1.165) is 18.3 Å². The summed E-state index contributed by atoms with van der Waals surface area (Å²) >= 11 is 0. The number of pyridine rings is 1. The molecule has 0 N–H and O–H groups in total. The molecule has 2 fully saturated rings. The van der Waals surface area contributed by atoms with Crippen molar-refractivity contribution in [3.63, 3.8) is 0 Å². The molecule has 0 amide bonds. The SMILES string of the molecule is CCOC(=O)c1ccc(N2CCCC3CCCC32)nc1. The van der Waals surface area contributed by atoms with Gasteiger partial charge in [-0.3, -0.25) is 0 Å². The van der Waals surface area contributed by atoms with Gasteiger partial charge in [-0.1, -0.05) is 6.42 Å². The lowest BCUT2D eigenvalue weighted by Gasteiger charge is -2.38. The molecular weight excluding hydrogens is 252 g/mol. The number of esters is 1. The summed E-state index contributed by atoms with van der Waals surface area (Å²) in [5.74, 6) is 1.56. The Morgan fingerprint density at radius 3 is 2.95 bits per heavy atom. The minimum atomic E-state index is -0.288. The number of carbonyl (C=O) groups is 1. The Bertz CT molecular complexity index is 472. The highest BCUT2D eigenvalue weighted by Gasteiger charge is 2.35. The van der Waals surface area contributed by atoms with Crippen molar-refractivity contribution in [1.82, 2.24) is 4.98 Å². The van der Waals surface area contributed by atoms with Crippen molar-refractivity contribution in [2.75, 3.05) is 18.1 Å². The fourth-order valence-electron chi connectivity index (χ4n) is 3.63. The van der Waals surface area contributed by atoms with Crippen molar-refractivity contribution in [2.45, 2.75) is 45.1 Å². The molecule has 1 saturated carbocycles. The van der Waals surface area contributed by atoms with Crippen molar-refractivity contribution in [2.24, 2.45) is 5.92 Å². The topological polar surface area (TPSA) is 42.4 Å². The van der Waals surface area contributed by atoms with E-state index in [4.69, 9.17) is 4.74 Å². The van der Waals surface area contributed by atoms with Gasteiger partial charge in [0.25, 0.3) is 0 Å². The molecule has 1 aromatic rings. The van der Waals surface area contributed by atoms with E-state index in [0.29, 0.717) is 18.2 Å². The molecular formula is C16H22N2O2. The van der Waals surface area contributed by atoms with Crippen LogP contribution in [-0.2, 0) is 4.74 Å². The zero-order valence-electron chi connectivity index (χ0n) is 12.0. The maximum Gasteiger partial charge on any atom is 0.339 e. The predicted octanol–water partition coefficient (Wildman–Crippen LogP) is 3.03. The Kier molecular flexibility index (Phi) is 3.90. The molecule has 3 rings (SSSR count). The molecule has 1 aliphatic carbocycles. The summed E-state index contributed by atoms with van der Waals surface area (Å²) in [6.45, 7) is 3.30. The fourth-order valence-corrected chi connectivity index (χ4v) is 3.63. The normalized spacial score (nSPS) is 25.4. The van der Waals surface area contributed by atoms with E-state index in [9.17, 15) is 4.79 Å². The number of fused-ring (bicyclic) bond motifs is 1. The molecule has 4 nitrogen and oxygen atoms in total. The van der Waals surface area contributed by atoms with Crippen LogP contribution in [0.15, 0.2) is 18.3 Å². The van der Waals surface area contributed by atoms with Gasteiger partial charge in [0, 0.05) is 18.8 Å². The lowest BCUT2D eigenvalue weighted by molar-refractivity contribution is 0.0526. The predicted molar refractivity (Wildman–Crippen MR) is 77.9 cm³/mol. The first-order chi connectivity index (χ1) is 9.79. The van der Waals surface area contributed by atoms with Gasteiger partial charge in [-0.05, 0) is 50.7 Å². The van der Waals surface area contributed by atoms with Crippen molar-refractivity contribution >= 4 is 11.8 Å². The Balaban J connectivity index is 1.75. The summed E-state index contributed by atoms with van der Waals surface area (Å²) in [6, 6.07) is 4.45. The average Bonchev–Trinajstić information content (AvgIpc) is 2.96. The number of carbonyl (C=O) groups excluding carboxylic acids is 1. The summed E-state index contributed by atoms with van der Waals surface area (Å²) in [7, 11) is 0. The van der Waals surface area contributed by atoms with E-state index in [1.165, 1.54) is 32.1 Å². The van der Waals surface area contributed by atoms with Crippen LogP contribution in [0.3, 0.4) is 0 Å². The summed E-state index contributed by atoms with van der Waals surface area (Å²) in [5.41, 5.74) is 0.538. The van der Waals surface area contributed by atoms with E-state index >= 15 is 0 Å². The zero-order chi connectivity index (χ0) is 13.9. The standard InChI is InChI=1S/C16H22N2O2/c1-2-20-16(19)13-8-9-15(17-11-13)18-10-4-6-12-5-3-7-14(12)18/h8-9,11-12,14H,2-7,10H2,1H3. The van der Waals surface area contributed by atoms with Crippen LogP contribution < -0.4 is 4.90 Å². The molecule has 1 aliphatic heterocycles. The molecule has 0 bridgehead atoms. The van der Waals surface area contributed by atoms with E-state index < -0.39 is 0 Å². The van der Waals surface area contributed by atoms with Crippen LogP contribution in [-0.4, -0.2) is 30.1 Å². The van der Waals surface area contributed by atoms with Crippen molar-refractivity contribution < 1.29 is 9.53 Å². The zero-order valence-corrected chi connectivity index (χ0v) is 12.0. The maximum absolute atomic E-state index is 11.6. The van der Waals surface area contributed by atoms with E-state index in [2.05, 4.69) is 9.88 Å². The van der Waals surface area contributed by atoms with E-state index in [1.807, 2.05) is 19.1 Å². The van der Waals surface area contributed by atoms with Gasteiger partial charge in [0.1, 0.15) is 5.82 Å². The third kappa shape index (κ3) is 2.51. The second kappa shape index (κ2) is 5.81. The van der Waals surface area contributed by atoms with Gasteiger partial charge >= 0.3 is 5.97 Å². The van der Waals surface area contributed by atoms with Gasteiger partial charge in [0.2, 0.25) is 0 Å². The number of rotatable bonds is 3. The lowest BCUT2D eigenvalue weighted by atomic mass is 9.92. The molecule has 108 valence electrons. The molecule has 0 spiro atoms. The third-order valence-electron chi connectivity index (χ3n) is 4.55. The highest BCUT2D eigenvalue weighted by atomic mass is 16.5. The summed E-state index contributed by atoms with van der Waals surface area (Å²) in [4.78, 5) is 18.6. The molecule has 0 radical (unpaired) electrons. The third-order valence-corrected chi connectivity index (χ3v) is 4.55. The minimum Gasteiger partial charge on any atom is -0.462 e. The van der Waals surface area contributed by atoms with Gasteiger partial charge in [-0.25, -0.2) is 9.78 Å². The second-order valence-electron chi connectivity index (χ2n) is 5.72. The number of ether oxygens (including phenoxy) is 1. The highest BCUT2D eigenvalue weighted by Crippen LogP contribution is 2.38. The molecule has 1 aromatic heterocycles. The maximum atomic E-state index is 11.6. The van der Waals surface area contributed by atoms with Gasteiger partial charge in [-0.2, -0.15) is 0 Å². The Hall–Kier alpha value is -1.58. The summed E-state index contributed by atoms with van der Waals surface area (Å²) in [6.07, 6.45) is 8.25. The van der Waals surface area contributed by atoms with Crippen LogP contribution in [0.1, 0.15) is 49.4 Å². The van der Waals surface area contributed by atoms with Crippen LogP contribution in [0.25, 0.3) is 0 Å². The number of hydrogen-bond acceptors (Lipinski definition) is 4. The second-order valence-corrected chi connectivity index (χ2v) is 5.72. The van der Waals surface area contributed by atoms with Crippen LogP contribution in [0.4, 0.5) is 5.82 Å². The number of nitrogens with zero attached hydrogens (tertiary/aromatic N) is 2. The van der Waals surface area contributed by atoms with Gasteiger partial charge in [0.05, 0.1) is 12.2 Å². The summed E-state index contributed by atoms with van der Waals surface area (Å²) in [5, 5.41) is 0. The van der Waals surface area contributed by atoms with Gasteiger partial charge in [0.15, 0.2) is 0 Å². The first-order valence-electron chi connectivity index (χ1n) is 7.69. The van der Waals surface area contributed by atoms with Crippen LogP contribution >= 0.6 is 0 Å². The number of aromatic nitrogens is 1. The number of anilines is 1. The number of hydrogen-bond donors (Lipinski definition) is 0. The van der Waals surface area contributed by atoms with Gasteiger partial charge in [-0.15, -0.1) is 0 Å². The highest BCUT2D eigenvalue weighted by molar-refractivity contribution is 5.89. The number of piperidine rings is 1. The van der Waals surface area contributed by atoms with Crippen LogP contribution in [0.2, 0.25) is 0 Å². The molecule has 4 heteroatoms. The molecule has 20 heavy (non-hydrogen) atoms. The first kappa shape index (κ1) is 13.4. The Morgan fingerprint density at radius 2 is 2.20 bits per heavy atom. The van der Waals surface area contributed by atoms with Crippen LogP contribution in [0, 0.1) is 5.92 Å². The van der Waals surface area contributed by atoms with E-state index in [1.54, 1.807) is 6.20 Å². The lowest BCUT2D eigenvalue weighted by Crippen LogP contribution is -2.43. The minimum absolute atomic E-state index is 0.288. The Morgan fingerprint density at radius 1 is 1.35 bits per heavy atom. The molecule has 2 heterocycles. The first-order valence-corrected chi connectivity index (χ1v) is 7.69. The quantitative estimate of drug-likeness (QED) is 0.795. The van der Waals surface area contributed by atoms with Crippen molar-refractivity contribution in [3.05, 3.63) is 23.9 Å². The van der Waals surface area contributed by atoms with E-state index in [-0.39, 0.29) is 5.97 Å². The Labute approximate surface area is 120 Å². The van der Waals surface area contributed by atoms with Crippen molar-refractivity contribution in [3.8, 4) is 0 Å². The molecule has 1 saturated heterocycles. The molecule has 0 aromatic carbocycles. The molecule has 2 unspecified atom stereocenters. The summed E-state index contributed by atoms with van der Waals surface area (Å²) < 4.78 is 4.99.